The van der Waals surface area contributed by atoms with Crippen LogP contribution in [-0.2, 0) is 14.4 Å². The van der Waals surface area contributed by atoms with E-state index in [0.717, 1.165) is 32.5 Å². The Labute approximate surface area is 191 Å². The van der Waals surface area contributed by atoms with Gasteiger partial charge in [0.1, 0.15) is 12.3 Å². The summed E-state index contributed by atoms with van der Waals surface area (Å²) in [5.74, 6) is -2.24. The molecule has 0 unspecified atom stereocenters. The normalized spacial score (nSPS) is 34.4. The number of imide groups is 1. The lowest BCUT2D eigenvalue weighted by molar-refractivity contribution is -0.149. The molecule has 3 heterocycles. The molecule has 4 aliphatic rings. The van der Waals surface area contributed by atoms with Crippen LogP contribution < -0.4 is 9.61 Å². The van der Waals surface area contributed by atoms with Crippen LogP contribution in [0, 0.1) is 29.6 Å². The second-order valence-electron chi connectivity index (χ2n) is 8.86. The number of thiazole rings is 1. The molecule has 6 rings (SSSR count). The molecule has 1 saturated heterocycles. The minimum absolute atomic E-state index is 0.0241. The number of nitrogens with zero attached hydrogens (tertiary/aromatic N) is 1. The number of hydrogen-bond donors (Lipinski definition) is 2. The Balaban J connectivity index is 1.47. The fourth-order valence-corrected chi connectivity index (χ4v) is 9.52. The van der Waals surface area contributed by atoms with Crippen molar-refractivity contribution in [3.05, 3.63) is 44.4 Å². The number of carboxylic acid groups (broad SMARTS) is 1. The van der Waals surface area contributed by atoms with Gasteiger partial charge < -0.3 is 14.8 Å². The van der Waals surface area contributed by atoms with E-state index in [9.17, 15) is 24.3 Å². The number of fused-ring (bicyclic) bond motifs is 9. The molecule has 32 heavy (non-hydrogen) atoms. The highest BCUT2D eigenvalue weighted by atomic mass is 32.2. The van der Waals surface area contributed by atoms with Gasteiger partial charge in [-0.2, -0.15) is 0 Å². The highest BCUT2D eigenvalue weighted by Gasteiger charge is 2.69. The van der Waals surface area contributed by atoms with Gasteiger partial charge in [0, 0.05) is 21.6 Å². The second-order valence-corrected chi connectivity index (χ2v) is 11.1. The zero-order valence-corrected chi connectivity index (χ0v) is 18.7. The molecule has 2 aliphatic carbocycles. The fraction of sp³-hybridized carbons (Fsp3) is 0.455. The number of carboxylic acids is 1. The highest BCUT2D eigenvalue weighted by Crippen LogP contribution is 2.68. The first-order chi connectivity index (χ1) is 15.4. The lowest BCUT2D eigenvalue weighted by Crippen LogP contribution is -2.42. The van der Waals surface area contributed by atoms with Gasteiger partial charge in [0.05, 0.1) is 24.0 Å². The van der Waals surface area contributed by atoms with Crippen molar-refractivity contribution in [3.8, 4) is 5.75 Å². The van der Waals surface area contributed by atoms with Crippen molar-refractivity contribution >= 4 is 40.9 Å². The number of likely N-dealkylation sites (tertiary alicyclic amines) is 1. The number of aliphatic carboxylic acids is 1. The molecule has 2 amide bonds. The summed E-state index contributed by atoms with van der Waals surface area (Å²) >= 11 is 2.80. The Morgan fingerprint density at radius 1 is 1.19 bits per heavy atom. The fourth-order valence-electron chi connectivity index (χ4n) is 6.64. The van der Waals surface area contributed by atoms with Crippen LogP contribution in [0.2, 0.25) is 0 Å². The topological polar surface area (TPSA) is 117 Å². The maximum atomic E-state index is 13.2. The SMILES string of the molecule is COc1ccccc1[C@@H]1c2sc(=O)[nH]c2S[C@H]2[C@@H]3C[C@@H]([C@@H]4C(=O)N(CC(=O)O)C(=O)[C@@H]34)[C@H]12. The molecule has 1 aromatic carbocycles. The van der Waals surface area contributed by atoms with Gasteiger partial charge >= 0.3 is 10.8 Å². The molecule has 2 saturated carbocycles. The Kier molecular flexibility index (Phi) is 4.36. The molecule has 0 radical (unpaired) electrons. The average molecular weight is 473 g/mol. The third-order valence-electron chi connectivity index (χ3n) is 7.58. The number of carbonyl (C=O) groups is 3. The third kappa shape index (κ3) is 2.56. The minimum Gasteiger partial charge on any atom is -0.496 e. The van der Waals surface area contributed by atoms with E-state index in [2.05, 4.69) is 4.98 Å². The second kappa shape index (κ2) is 6.95. The Morgan fingerprint density at radius 3 is 2.62 bits per heavy atom. The summed E-state index contributed by atoms with van der Waals surface area (Å²) in [6.07, 6.45) is 0.765. The van der Waals surface area contributed by atoms with E-state index in [1.165, 1.54) is 11.3 Å². The Bertz CT molecular complexity index is 1220. The maximum Gasteiger partial charge on any atom is 0.323 e. The summed E-state index contributed by atoms with van der Waals surface area (Å²) in [6.45, 7) is -0.580. The van der Waals surface area contributed by atoms with Crippen molar-refractivity contribution in [3.63, 3.8) is 0 Å². The van der Waals surface area contributed by atoms with Gasteiger partial charge in [-0.05, 0) is 30.2 Å². The van der Waals surface area contributed by atoms with Crippen LogP contribution >= 0.6 is 23.1 Å². The van der Waals surface area contributed by atoms with Crippen molar-refractivity contribution in [1.29, 1.82) is 0 Å². The lowest BCUT2D eigenvalue weighted by atomic mass is 9.68. The minimum atomic E-state index is -1.18. The largest absolute Gasteiger partial charge is 0.496 e. The van der Waals surface area contributed by atoms with Gasteiger partial charge in [-0.25, -0.2) is 0 Å². The molecule has 8 nitrogen and oxygen atoms in total. The predicted octanol–water partition coefficient (Wildman–Crippen LogP) is 2.00. The Morgan fingerprint density at radius 2 is 1.91 bits per heavy atom. The quantitative estimate of drug-likeness (QED) is 0.654. The summed E-state index contributed by atoms with van der Waals surface area (Å²) < 4.78 is 5.65. The number of hydrogen-bond acceptors (Lipinski definition) is 7. The molecule has 7 atom stereocenters. The van der Waals surface area contributed by atoms with E-state index in [1.54, 1.807) is 18.9 Å². The molecule has 1 aromatic heterocycles. The summed E-state index contributed by atoms with van der Waals surface area (Å²) in [5.41, 5.74) is 0.977. The molecule has 2 N–H and O–H groups in total. The summed E-state index contributed by atoms with van der Waals surface area (Å²) in [5, 5.41) is 10.1. The van der Waals surface area contributed by atoms with E-state index in [-0.39, 0.29) is 45.6 Å². The smallest absolute Gasteiger partial charge is 0.323 e. The number of para-hydroxylation sites is 1. The van der Waals surface area contributed by atoms with E-state index >= 15 is 0 Å². The summed E-state index contributed by atoms with van der Waals surface area (Å²) in [4.78, 5) is 54.5. The van der Waals surface area contributed by atoms with E-state index in [0.29, 0.717) is 0 Å². The number of carbonyl (C=O) groups excluding carboxylic acids is 2. The first-order valence-corrected chi connectivity index (χ1v) is 12.2. The first kappa shape index (κ1) is 20.0. The number of aromatic amines is 1. The number of amides is 2. The zero-order valence-electron chi connectivity index (χ0n) is 17.0. The highest BCUT2D eigenvalue weighted by molar-refractivity contribution is 8.00. The van der Waals surface area contributed by atoms with Crippen LogP contribution in [-0.4, -0.2) is 51.7 Å². The number of H-pyrrole nitrogens is 1. The van der Waals surface area contributed by atoms with Crippen LogP contribution in [0.4, 0.5) is 0 Å². The van der Waals surface area contributed by atoms with E-state index in [1.807, 2.05) is 24.3 Å². The number of aromatic nitrogens is 1. The van der Waals surface area contributed by atoms with Crippen molar-refractivity contribution in [1.82, 2.24) is 9.88 Å². The molecule has 2 bridgehead atoms. The maximum absolute atomic E-state index is 13.2. The monoisotopic (exact) mass is 472 g/mol. The number of methoxy groups -OCH3 is 1. The molecular weight excluding hydrogens is 452 g/mol. The molecule has 2 aliphatic heterocycles. The van der Waals surface area contributed by atoms with Crippen molar-refractivity contribution in [2.45, 2.75) is 22.6 Å². The number of rotatable bonds is 4. The summed E-state index contributed by atoms with van der Waals surface area (Å²) in [7, 11) is 1.62. The Hall–Kier alpha value is -2.59. The third-order valence-corrected chi connectivity index (χ3v) is 10.2. The number of benzene rings is 1. The van der Waals surface area contributed by atoms with Gasteiger partial charge in [-0.15, -0.1) is 11.8 Å². The van der Waals surface area contributed by atoms with Crippen molar-refractivity contribution < 1.29 is 24.2 Å². The van der Waals surface area contributed by atoms with Gasteiger partial charge in [-0.3, -0.25) is 24.1 Å². The van der Waals surface area contributed by atoms with E-state index < -0.39 is 24.3 Å². The molecular formula is C22H20N2O6S2. The number of thioether (sulfide) groups is 1. The average Bonchev–Trinajstić information content (AvgIpc) is 3.49. The zero-order chi connectivity index (χ0) is 22.3. The molecule has 0 spiro atoms. The van der Waals surface area contributed by atoms with Crippen LogP contribution in [0.15, 0.2) is 34.1 Å². The van der Waals surface area contributed by atoms with Crippen molar-refractivity contribution in [2.24, 2.45) is 29.6 Å². The molecule has 3 fully saturated rings. The van der Waals surface area contributed by atoms with Crippen molar-refractivity contribution in [2.75, 3.05) is 13.7 Å². The number of nitrogens with one attached hydrogen (secondary N) is 1. The van der Waals surface area contributed by atoms with Gasteiger partial charge in [-0.1, -0.05) is 29.5 Å². The van der Waals surface area contributed by atoms with Crippen LogP contribution in [0.1, 0.15) is 22.8 Å². The van der Waals surface area contributed by atoms with Gasteiger partial charge in [0.25, 0.3) is 0 Å². The summed E-state index contributed by atoms with van der Waals surface area (Å²) in [6, 6.07) is 7.75. The van der Waals surface area contributed by atoms with Crippen LogP contribution in [0.5, 0.6) is 5.75 Å². The van der Waals surface area contributed by atoms with Crippen LogP contribution in [0.25, 0.3) is 0 Å². The van der Waals surface area contributed by atoms with Gasteiger partial charge in [0.2, 0.25) is 11.8 Å². The standard InChI is InChI=1S/C22H20N2O6S2/c1-30-11-5-3-2-4-8(11)13-14-9-6-10(17(14)31-19-18(13)32-22(29)23-19)16-15(9)20(27)24(21(16)28)7-12(25)26/h2-5,9-10,13-17H,6-7H2,1H3,(H,23,29)(H,25,26)/t9-,10-,13+,14-,15+,16+,17+/m1/s1. The molecule has 10 heteroatoms. The van der Waals surface area contributed by atoms with E-state index in [4.69, 9.17) is 4.74 Å². The lowest BCUT2D eigenvalue weighted by Gasteiger charge is -2.43. The molecule has 2 aromatic rings. The predicted molar refractivity (Wildman–Crippen MR) is 116 cm³/mol. The number of ether oxygens (including phenoxy) is 1. The first-order valence-electron chi connectivity index (χ1n) is 10.5. The molecule has 166 valence electrons. The van der Waals surface area contributed by atoms with Crippen LogP contribution in [0.3, 0.4) is 0 Å². The van der Waals surface area contributed by atoms with Gasteiger partial charge in [0.15, 0.2) is 0 Å².